The number of hydrogen-bond donors (Lipinski definition) is 1. The highest BCUT2D eigenvalue weighted by molar-refractivity contribution is 9.10. The highest BCUT2D eigenvalue weighted by Crippen LogP contribution is 2.12. The van der Waals surface area contributed by atoms with Crippen LogP contribution in [0.5, 0.6) is 0 Å². The summed E-state index contributed by atoms with van der Waals surface area (Å²) in [7, 11) is 0. The molecule has 2 rings (SSSR count). The molecule has 0 atom stereocenters. The Morgan fingerprint density at radius 2 is 1.92 bits per heavy atom. The van der Waals surface area contributed by atoms with E-state index in [2.05, 4.69) is 31.1 Å². The second-order valence-electron chi connectivity index (χ2n) is 6.96. The van der Waals surface area contributed by atoms with Crippen LogP contribution in [0.1, 0.15) is 31.1 Å². The van der Waals surface area contributed by atoms with Gasteiger partial charge in [-0.3, -0.25) is 14.7 Å². The molecular formula is C17H25BrN4O3. The van der Waals surface area contributed by atoms with Crippen molar-refractivity contribution in [1.29, 1.82) is 0 Å². The zero-order valence-electron chi connectivity index (χ0n) is 14.9. The number of halogens is 1. The highest BCUT2D eigenvalue weighted by atomic mass is 79.9. The first-order chi connectivity index (χ1) is 11.7. The number of aromatic nitrogens is 1. The number of ether oxygens (including phenoxy) is 1. The van der Waals surface area contributed by atoms with Gasteiger partial charge in [0.15, 0.2) is 0 Å². The molecule has 1 aliphatic heterocycles. The van der Waals surface area contributed by atoms with Crippen LogP contribution in [-0.4, -0.2) is 71.7 Å². The van der Waals surface area contributed by atoms with Crippen molar-refractivity contribution in [2.24, 2.45) is 0 Å². The van der Waals surface area contributed by atoms with Crippen LogP contribution in [0.25, 0.3) is 0 Å². The van der Waals surface area contributed by atoms with E-state index in [1.165, 1.54) is 0 Å². The van der Waals surface area contributed by atoms with Gasteiger partial charge in [0.1, 0.15) is 5.60 Å². The summed E-state index contributed by atoms with van der Waals surface area (Å²) in [5.41, 5.74) is 0.0592. The average molecular weight is 413 g/mol. The minimum Gasteiger partial charge on any atom is -0.444 e. The molecular weight excluding hydrogens is 388 g/mol. The monoisotopic (exact) mass is 412 g/mol. The summed E-state index contributed by atoms with van der Waals surface area (Å²) >= 11 is 3.30. The number of nitrogens with zero attached hydrogens (tertiary/aromatic N) is 3. The van der Waals surface area contributed by atoms with Gasteiger partial charge >= 0.3 is 6.09 Å². The largest absolute Gasteiger partial charge is 0.444 e. The van der Waals surface area contributed by atoms with Crippen LogP contribution >= 0.6 is 15.9 Å². The minimum absolute atomic E-state index is 0.138. The van der Waals surface area contributed by atoms with Gasteiger partial charge in [-0.15, -0.1) is 0 Å². The third-order valence-electron chi connectivity index (χ3n) is 3.70. The molecule has 0 radical (unpaired) electrons. The number of nitrogens with one attached hydrogen (secondary N) is 1. The number of piperazine rings is 1. The summed E-state index contributed by atoms with van der Waals surface area (Å²) in [4.78, 5) is 32.0. The van der Waals surface area contributed by atoms with Crippen molar-refractivity contribution >= 4 is 27.9 Å². The van der Waals surface area contributed by atoms with Crippen molar-refractivity contribution in [3.8, 4) is 0 Å². The maximum atomic E-state index is 12.1. The van der Waals surface area contributed by atoms with Crippen molar-refractivity contribution in [2.75, 3.05) is 39.3 Å². The van der Waals surface area contributed by atoms with E-state index in [1.807, 2.05) is 20.8 Å². The van der Waals surface area contributed by atoms with E-state index in [4.69, 9.17) is 4.74 Å². The quantitative estimate of drug-likeness (QED) is 0.819. The molecule has 1 fully saturated rings. The summed E-state index contributed by atoms with van der Waals surface area (Å²) in [6, 6.07) is 1.74. The van der Waals surface area contributed by atoms with Crippen molar-refractivity contribution < 1.29 is 14.3 Å². The van der Waals surface area contributed by atoms with Gasteiger partial charge in [-0.05, 0) is 42.8 Å². The van der Waals surface area contributed by atoms with Gasteiger partial charge in [0.25, 0.3) is 5.91 Å². The van der Waals surface area contributed by atoms with Gasteiger partial charge in [-0.25, -0.2) is 4.79 Å². The molecule has 0 saturated carbocycles. The molecule has 25 heavy (non-hydrogen) atoms. The van der Waals surface area contributed by atoms with E-state index in [1.54, 1.807) is 23.4 Å². The van der Waals surface area contributed by atoms with Crippen LogP contribution in [-0.2, 0) is 4.74 Å². The first kappa shape index (κ1) is 19.7. The van der Waals surface area contributed by atoms with E-state index < -0.39 is 5.60 Å². The summed E-state index contributed by atoms with van der Waals surface area (Å²) in [6.45, 7) is 9.71. The molecule has 0 spiro atoms. The number of pyridine rings is 1. The van der Waals surface area contributed by atoms with Crippen LogP contribution in [0.2, 0.25) is 0 Å². The summed E-state index contributed by atoms with van der Waals surface area (Å²) < 4.78 is 6.16. The van der Waals surface area contributed by atoms with Gasteiger partial charge in [-0.1, -0.05) is 0 Å². The standard InChI is InChI=1S/C17H25BrN4O3/c1-17(2,3)25-16(24)22-8-6-21(7-9-22)5-4-20-15(23)13-10-14(18)12-19-11-13/h10-12H,4-9H2,1-3H3,(H,20,23). The first-order valence-corrected chi connectivity index (χ1v) is 9.13. The Bertz CT molecular complexity index is 610. The number of rotatable bonds is 4. The van der Waals surface area contributed by atoms with Gasteiger partial charge in [0.05, 0.1) is 5.56 Å². The maximum Gasteiger partial charge on any atom is 0.410 e. The molecule has 1 saturated heterocycles. The number of amides is 2. The Morgan fingerprint density at radius 3 is 2.52 bits per heavy atom. The van der Waals surface area contributed by atoms with E-state index in [0.29, 0.717) is 25.2 Å². The fourth-order valence-corrected chi connectivity index (χ4v) is 2.81. The lowest BCUT2D eigenvalue weighted by atomic mass is 10.2. The summed E-state index contributed by atoms with van der Waals surface area (Å²) in [6.07, 6.45) is 2.92. The lowest BCUT2D eigenvalue weighted by molar-refractivity contribution is 0.0147. The van der Waals surface area contributed by atoms with Gasteiger partial charge in [0.2, 0.25) is 0 Å². The smallest absolute Gasteiger partial charge is 0.410 e. The molecule has 2 heterocycles. The third-order valence-corrected chi connectivity index (χ3v) is 4.14. The van der Waals surface area contributed by atoms with Crippen molar-refractivity contribution in [1.82, 2.24) is 20.1 Å². The van der Waals surface area contributed by atoms with Crippen molar-refractivity contribution in [3.05, 3.63) is 28.5 Å². The van der Waals surface area contributed by atoms with Crippen molar-refractivity contribution in [2.45, 2.75) is 26.4 Å². The molecule has 1 N–H and O–H groups in total. The van der Waals surface area contributed by atoms with Crippen LogP contribution in [0.4, 0.5) is 4.79 Å². The fraction of sp³-hybridized carbons (Fsp3) is 0.588. The molecule has 0 aromatic carbocycles. The van der Waals surface area contributed by atoms with E-state index >= 15 is 0 Å². The normalized spacial score (nSPS) is 15.8. The van der Waals surface area contributed by atoms with E-state index in [-0.39, 0.29) is 12.0 Å². The zero-order chi connectivity index (χ0) is 18.4. The van der Waals surface area contributed by atoms with E-state index in [0.717, 1.165) is 24.1 Å². The number of hydrogen-bond acceptors (Lipinski definition) is 5. The fourth-order valence-electron chi connectivity index (χ4n) is 2.45. The van der Waals surface area contributed by atoms with Crippen LogP contribution < -0.4 is 5.32 Å². The summed E-state index contributed by atoms with van der Waals surface area (Å²) in [5, 5.41) is 2.89. The number of carbonyl (C=O) groups excluding carboxylic acids is 2. The summed E-state index contributed by atoms with van der Waals surface area (Å²) in [5.74, 6) is -0.138. The predicted molar refractivity (Wildman–Crippen MR) is 98.5 cm³/mol. The van der Waals surface area contributed by atoms with Crippen LogP contribution in [0.15, 0.2) is 22.9 Å². The molecule has 8 heteroatoms. The lowest BCUT2D eigenvalue weighted by Crippen LogP contribution is -2.51. The first-order valence-electron chi connectivity index (χ1n) is 8.33. The van der Waals surface area contributed by atoms with Crippen LogP contribution in [0.3, 0.4) is 0 Å². The van der Waals surface area contributed by atoms with Gasteiger partial charge in [0, 0.05) is 56.1 Å². The highest BCUT2D eigenvalue weighted by Gasteiger charge is 2.25. The molecule has 0 bridgehead atoms. The SMILES string of the molecule is CC(C)(C)OC(=O)N1CCN(CCNC(=O)c2cncc(Br)c2)CC1. The predicted octanol–water partition coefficient (Wildman–Crippen LogP) is 2.13. The second-order valence-corrected chi connectivity index (χ2v) is 7.87. The van der Waals surface area contributed by atoms with Gasteiger partial charge in [-0.2, -0.15) is 0 Å². The minimum atomic E-state index is -0.472. The van der Waals surface area contributed by atoms with Crippen molar-refractivity contribution in [3.63, 3.8) is 0 Å². The Balaban J connectivity index is 1.69. The molecule has 2 amide bonds. The molecule has 7 nitrogen and oxygen atoms in total. The molecule has 138 valence electrons. The zero-order valence-corrected chi connectivity index (χ0v) is 16.5. The molecule has 0 unspecified atom stereocenters. The maximum absolute atomic E-state index is 12.1. The number of carbonyl (C=O) groups is 2. The Labute approximate surface area is 156 Å². The molecule has 1 aromatic rings. The Hall–Kier alpha value is -1.67. The Kier molecular flexibility index (Phi) is 6.78. The lowest BCUT2D eigenvalue weighted by Gasteiger charge is -2.35. The van der Waals surface area contributed by atoms with Crippen LogP contribution in [0, 0.1) is 0 Å². The average Bonchev–Trinajstić information content (AvgIpc) is 2.53. The van der Waals surface area contributed by atoms with Gasteiger partial charge < -0.3 is 15.0 Å². The Morgan fingerprint density at radius 1 is 1.24 bits per heavy atom. The topological polar surface area (TPSA) is 74.8 Å². The second kappa shape index (κ2) is 8.62. The molecule has 0 aliphatic carbocycles. The van der Waals surface area contributed by atoms with E-state index in [9.17, 15) is 9.59 Å². The molecule has 1 aliphatic rings. The third kappa shape index (κ3) is 6.62. The molecule has 1 aromatic heterocycles.